The topological polar surface area (TPSA) is 144 Å². The van der Waals surface area contributed by atoms with Crippen LogP contribution in [0.25, 0.3) is 21.8 Å². The molecule has 5 fully saturated rings. The molecule has 18 heteroatoms. The Morgan fingerprint density at radius 3 is 1.73 bits per heavy atom. The van der Waals surface area contributed by atoms with Crippen molar-refractivity contribution in [1.29, 1.82) is 0 Å². The van der Waals surface area contributed by atoms with Crippen LogP contribution in [-0.2, 0) is 0 Å². The number of hydrogen-bond donors (Lipinski definition) is 2. The molecule has 2 bridgehead atoms. The molecule has 3 aliphatic heterocycles. The standard InChI is InChI=1S/C21H23ClFN3O4.C13H8ClF2NO4.ClH/c1-10-11-3-6-16(24(10)2)26(8-11)19-14(23)7-13-18(17(19)22)25(12-4-5-12)9-15(20(13)27)30-21(28)29;14-9-10(16)7(15)3-6-11(9)17(5-1-2-5)4-8(12(6)18)21-13(19)20;/h7,9-12,16H,3-6,8H2,1-2H3,(H,28,29);3-5H,1-2H2,(H,19,20);1H. The summed E-state index contributed by atoms with van der Waals surface area (Å²) in [7, 11) is 2.05. The Kier molecular flexibility index (Phi) is 10.1. The van der Waals surface area contributed by atoms with E-state index in [1.165, 1.54) is 23.0 Å². The molecule has 0 radical (unpaired) electrons. The Labute approximate surface area is 309 Å². The minimum atomic E-state index is -1.66. The van der Waals surface area contributed by atoms with E-state index in [4.69, 9.17) is 33.4 Å². The second kappa shape index (κ2) is 14.0. The van der Waals surface area contributed by atoms with Gasteiger partial charge in [-0.2, -0.15) is 0 Å². The third-order valence-electron chi connectivity index (χ3n) is 10.2. The lowest BCUT2D eigenvalue weighted by atomic mass is 9.83. The Morgan fingerprint density at radius 1 is 0.788 bits per heavy atom. The van der Waals surface area contributed by atoms with Crippen LogP contribution in [0.2, 0.25) is 10.0 Å². The van der Waals surface area contributed by atoms with E-state index in [2.05, 4.69) is 28.3 Å². The second-order valence-electron chi connectivity index (χ2n) is 13.3. The van der Waals surface area contributed by atoms with Crippen molar-refractivity contribution >= 4 is 75.4 Å². The summed E-state index contributed by atoms with van der Waals surface area (Å²) in [6, 6.07) is 2.33. The van der Waals surface area contributed by atoms with Crippen LogP contribution in [0.5, 0.6) is 11.5 Å². The van der Waals surface area contributed by atoms with Gasteiger partial charge in [0.25, 0.3) is 0 Å². The molecule has 12 nitrogen and oxygen atoms in total. The molecule has 0 amide bonds. The van der Waals surface area contributed by atoms with Crippen molar-refractivity contribution in [1.82, 2.24) is 14.0 Å². The van der Waals surface area contributed by atoms with Crippen molar-refractivity contribution < 1.29 is 42.4 Å². The maximum Gasteiger partial charge on any atom is 0.511 e. The minimum absolute atomic E-state index is 0. The number of benzene rings is 2. The fraction of sp³-hybridized carbons (Fsp3) is 0.412. The molecule has 3 unspecified atom stereocenters. The number of piperidine rings is 2. The van der Waals surface area contributed by atoms with Gasteiger partial charge in [0.2, 0.25) is 10.9 Å². The van der Waals surface area contributed by atoms with Gasteiger partial charge in [0, 0.05) is 24.7 Å². The summed E-state index contributed by atoms with van der Waals surface area (Å²) in [5.74, 6) is -3.49. The van der Waals surface area contributed by atoms with E-state index >= 15 is 4.39 Å². The van der Waals surface area contributed by atoms with Crippen LogP contribution in [-0.4, -0.2) is 62.4 Å². The summed E-state index contributed by atoms with van der Waals surface area (Å²) in [6.07, 6.45) is 4.66. The molecule has 5 heterocycles. The number of fused-ring (bicyclic) bond motifs is 5. The molecule has 2 N–H and O–H groups in total. The van der Waals surface area contributed by atoms with Crippen molar-refractivity contribution in [3.63, 3.8) is 0 Å². The molecule has 3 saturated heterocycles. The van der Waals surface area contributed by atoms with E-state index in [9.17, 15) is 28.0 Å². The lowest BCUT2D eigenvalue weighted by Crippen LogP contribution is -2.64. The number of carbonyl (C=O) groups is 2. The van der Waals surface area contributed by atoms with Crippen LogP contribution in [0.15, 0.2) is 34.1 Å². The molecular weight excluding hydrogens is 756 g/mol. The van der Waals surface area contributed by atoms with E-state index in [1.54, 1.807) is 4.57 Å². The molecule has 2 aliphatic carbocycles. The van der Waals surface area contributed by atoms with Crippen LogP contribution in [0.3, 0.4) is 0 Å². The Bertz CT molecular complexity index is 2260. The zero-order valence-electron chi connectivity index (χ0n) is 27.6. The molecule has 3 atom stereocenters. The third-order valence-corrected chi connectivity index (χ3v) is 10.9. The summed E-state index contributed by atoms with van der Waals surface area (Å²) in [6.45, 7) is 2.91. The molecule has 5 aliphatic rings. The van der Waals surface area contributed by atoms with Gasteiger partial charge in [-0.25, -0.2) is 22.8 Å². The van der Waals surface area contributed by atoms with Gasteiger partial charge in [0.15, 0.2) is 23.1 Å². The van der Waals surface area contributed by atoms with E-state index in [1.807, 2.05) is 4.90 Å². The summed E-state index contributed by atoms with van der Waals surface area (Å²) in [4.78, 5) is 50.8. The second-order valence-corrected chi connectivity index (χ2v) is 14.1. The molecule has 9 rings (SSSR count). The predicted octanol–water partition coefficient (Wildman–Crippen LogP) is 7.81. The summed E-state index contributed by atoms with van der Waals surface area (Å²) in [5, 5.41) is 17.1. The van der Waals surface area contributed by atoms with Crippen molar-refractivity contribution in [2.24, 2.45) is 5.92 Å². The number of halogens is 6. The van der Waals surface area contributed by atoms with Crippen molar-refractivity contribution in [2.75, 3.05) is 18.5 Å². The summed E-state index contributed by atoms with van der Waals surface area (Å²) >= 11 is 12.6. The number of nitrogens with zero attached hydrogens (tertiary/aromatic N) is 4. The summed E-state index contributed by atoms with van der Waals surface area (Å²) < 4.78 is 54.8. The largest absolute Gasteiger partial charge is 0.511 e. The normalized spacial score (nSPS) is 21.1. The highest BCUT2D eigenvalue weighted by molar-refractivity contribution is 6.38. The zero-order chi connectivity index (χ0) is 36.6. The quantitative estimate of drug-likeness (QED) is 0.152. The average Bonchev–Trinajstić information content (AvgIpc) is 3.99. The fourth-order valence-corrected chi connectivity index (χ4v) is 8.01. The number of pyridine rings is 2. The van der Waals surface area contributed by atoms with Gasteiger partial charge in [-0.15, -0.1) is 12.4 Å². The number of hydrogen-bond acceptors (Lipinski definition) is 8. The number of anilines is 1. The first-order valence-electron chi connectivity index (χ1n) is 16.3. The van der Waals surface area contributed by atoms with E-state index < -0.39 is 51.4 Å². The number of rotatable bonds is 5. The lowest BCUT2D eigenvalue weighted by Gasteiger charge is -2.55. The zero-order valence-corrected chi connectivity index (χ0v) is 29.9. The molecule has 278 valence electrons. The highest BCUT2D eigenvalue weighted by Gasteiger charge is 2.44. The molecule has 2 aromatic heterocycles. The fourth-order valence-electron chi connectivity index (χ4n) is 7.32. The van der Waals surface area contributed by atoms with Crippen LogP contribution in [0.1, 0.15) is 57.5 Å². The molecular formula is C34H32Cl3F3N4O8. The molecule has 0 spiro atoms. The van der Waals surface area contributed by atoms with Crippen LogP contribution >= 0.6 is 35.6 Å². The highest BCUT2D eigenvalue weighted by Crippen LogP contribution is 2.46. The summed E-state index contributed by atoms with van der Waals surface area (Å²) in [5.41, 5.74) is -0.734. The van der Waals surface area contributed by atoms with Crippen molar-refractivity contribution in [3.05, 3.63) is 72.5 Å². The van der Waals surface area contributed by atoms with Gasteiger partial charge >= 0.3 is 12.3 Å². The molecule has 52 heavy (non-hydrogen) atoms. The van der Waals surface area contributed by atoms with Gasteiger partial charge < -0.3 is 33.7 Å². The number of aromatic nitrogens is 2. The molecule has 2 saturated carbocycles. The maximum absolute atomic E-state index is 15.4. The van der Waals surface area contributed by atoms with Gasteiger partial charge in [0.05, 0.1) is 51.1 Å². The van der Waals surface area contributed by atoms with E-state index in [-0.39, 0.29) is 57.7 Å². The molecule has 2 aromatic carbocycles. The van der Waals surface area contributed by atoms with Crippen LogP contribution in [0, 0.1) is 23.4 Å². The smallest absolute Gasteiger partial charge is 0.449 e. The van der Waals surface area contributed by atoms with E-state index in [0.29, 0.717) is 35.8 Å². The van der Waals surface area contributed by atoms with Crippen molar-refractivity contribution in [2.45, 2.75) is 69.7 Å². The number of ether oxygens (including phenoxy) is 2. The highest BCUT2D eigenvalue weighted by atomic mass is 35.5. The number of carboxylic acid groups (broad SMARTS) is 2. The van der Waals surface area contributed by atoms with Gasteiger partial charge in [-0.05, 0) is 70.5 Å². The minimum Gasteiger partial charge on any atom is -0.449 e. The Morgan fingerprint density at radius 2 is 1.27 bits per heavy atom. The third kappa shape index (κ3) is 6.52. The van der Waals surface area contributed by atoms with Crippen LogP contribution in [0.4, 0.5) is 28.4 Å². The predicted molar refractivity (Wildman–Crippen MR) is 188 cm³/mol. The molecule has 4 aromatic rings. The van der Waals surface area contributed by atoms with Crippen molar-refractivity contribution in [3.8, 4) is 11.5 Å². The van der Waals surface area contributed by atoms with Crippen LogP contribution < -0.4 is 25.2 Å². The SMILES string of the molecule is CC1C2CCC(N(c3c(F)cc4c(=O)c(OC(=O)O)cn(C5CC5)c4c3Cl)C2)N1C.Cl.O=C(O)Oc1cn(C2CC2)c2c(Cl)c(F)c(F)cc2c1=O. The first-order chi connectivity index (χ1) is 24.2. The first kappa shape index (κ1) is 37.6. The van der Waals surface area contributed by atoms with Gasteiger partial charge in [-0.1, -0.05) is 23.2 Å². The lowest BCUT2D eigenvalue weighted by molar-refractivity contribution is 0.0337. The van der Waals surface area contributed by atoms with Gasteiger partial charge in [-0.3, -0.25) is 14.5 Å². The average molecular weight is 788 g/mol. The Hall–Kier alpha value is -4.18. The van der Waals surface area contributed by atoms with Gasteiger partial charge in [0.1, 0.15) is 10.8 Å². The Balaban J connectivity index is 0.000000186. The first-order valence-corrected chi connectivity index (χ1v) is 17.0. The monoisotopic (exact) mass is 786 g/mol. The maximum atomic E-state index is 15.4. The van der Waals surface area contributed by atoms with E-state index in [0.717, 1.165) is 38.5 Å².